The molecule has 210 valence electrons. The lowest BCUT2D eigenvalue weighted by atomic mass is 10.0. The maximum Gasteiger partial charge on any atom is 0.359 e. The van der Waals surface area contributed by atoms with Crippen LogP contribution in [-0.2, 0) is 14.4 Å². The fourth-order valence-corrected chi connectivity index (χ4v) is 4.83. The first-order chi connectivity index (χ1) is 17.3. The third kappa shape index (κ3) is 22.6. The van der Waals surface area contributed by atoms with Crippen LogP contribution in [0.5, 0.6) is 0 Å². The molecule has 0 aliphatic rings. The fraction of sp³-hybridized carbons (Fsp3) is 0.828. The first-order valence-electron chi connectivity index (χ1n) is 14.4. The van der Waals surface area contributed by atoms with Gasteiger partial charge in [-0.3, -0.25) is 0 Å². The molecule has 36 heavy (non-hydrogen) atoms. The molecule has 0 aliphatic heterocycles. The summed E-state index contributed by atoms with van der Waals surface area (Å²) in [5, 5.41) is 29.3. The highest BCUT2D eigenvalue weighted by molar-refractivity contribution is 5.72. The average Bonchev–Trinajstić information content (AvgIpc) is 2.78. The molecule has 2 N–H and O–H groups in total. The lowest BCUT2D eigenvalue weighted by molar-refractivity contribution is -0.909. The van der Waals surface area contributed by atoms with E-state index in [1.165, 1.54) is 77.0 Å². The zero-order valence-electron chi connectivity index (χ0n) is 22.9. The molecule has 0 aromatic rings. The van der Waals surface area contributed by atoms with E-state index >= 15 is 0 Å². The van der Waals surface area contributed by atoms with Crippen LogP contribution in [0.15, 0.2) is 12.2 Å². The minimum Gasteiger partial charge on any atom is -0.544 e. The summed E-state index contributed by atoms with van der Waals surface area (Å²) in [7, 11) is 0. The number of carboxylic acid groups (broad SMARTS) is 3. The van der Waals surface area contributed by atoms with E-state index < -0.39 is 42.0 Å². The van der Waals surface area contributed by atoms with Crippen LogP contribution >= 0.6 is 0 Å². The van der Waals surface area contributed by atoms with Crippen LogP contribution < -0.4 is 5.11 Å². The molecule has 0 saturated heterocycles. The Balaban J connectivity index is 3.71. The van der Waals surface area contributed by atoms with E-state index in [9.17, 15) is 19.5 Å². The molecule has 7 heteroatoms. The number of unbranched alkanes of at least 4 members (excludes halogenated alkanes) is 17. The number of carbonyl (C=O) groups is 3. The van der Waals surface area contributed by atoms with E-state index in [0.29, 0.717) is 6.42 Å². The normalized spacial score (nSPS) is 11.8. The summed E-state index contributed by atoms with van der Waals surface area (Å²) in [6.45, 7) is 0.842. The van der Waals surface area contributed by atoms with Crippen LogP contribution in [0.4, 0.5) is 0 Å². The van der Waals surface area contributed by atoms with Gasteiger partial charge >= 0.3 is 11.9 Å². The molecule has 0 aliphatic carbocycles. The Morgan fingerprint density at radius 1 is 0.583 bits per heavy atom. The zero-order chi connectivity index (χ0) is 26.9. The standard InChI is InChI=1S/C29H53NO6/c1-2-3-4-5-6-7-8-9-10-11-12-13-14-15-16-17-18-19-20-21-22-23-30(24-27(31)32,25-28(33)34)26-29(35)36/h14-15H,2-13,16-26H2,1H3,(H2-,31,32,33,34,35,36)/b15-14+. The molecule has 0 spiro atoms. The number of carbonyl (C=O) groups excluding carboxylic acids is 1. The van der Waals surface area contributed by atoms with Crippen molar-refractivity contribution in [2.75, 3.05) is 26.2 Å². The van der Waals surface area contributed by atoms with Crippen LogP contribution in [0.25, 0.3) is 0 Å². The highest BCUT2D eigenvalue weighted by atomic mass is 16.4. The van der Waals surface area contributed by atoms with Gasteiger partial charge in [0.1, 0.15) is 6.54 Å². The minimum atomic E-state index is -1.42. The monoisotopic (exact) mass is 511 g/mol. The van der Waals surface area contributed by atoms with Gasteiger partial charge < -0.3 is 24.6 Å². The van der Waals surface area contributed by atoms with Gasteiger partial charge in [0.25, 0.3) is 0 Å². The van der Waals surface area contributed by atoms with Crippen LogP contribution in [0.2, 0.25) is 0 Å². The van der Waals surface area contributed by atoms with Crippen molar-refractivity contribution < 1.29 is 34.2 Å². The Labute approximate surface area is 219 Å². The van der Waals surface area contributed by atoms with Crippen molar-refractivity contribution in [3.63, 3.8) is 0 Å². The van der Waals surface area contributed by atoms with Crippen molar-refractivity contribution in [1.29, 1.82) is 0 Å². The number of nitrogens with zero attached hydrogens (tertiary/aromatic N) is 1. The Morgan fingerprint density at radius 3 is 1.31 bits per heavy atom. The van der Waals surface area contributed by atoms with Gasteiger partial charge in [-0.2, -0.15) is 0 Å². The molecular weight excluding hydrogens is 458 g/mol. The van der Waals surface area contributed by atoms with Gasteiger partial charge in [-0.05, 0) is 38.5 Å². The number of hydrogen-bond donors (Lipinski definition) is 2. The smallest absolute Gasteiger partial charge is 0.359 e. The molecule has 0 unspecified atom stereocenters. The number of aliphatic carboxylic acids is 3. The average molecular weight is 512 g/mol. The summed E-state index contributed by atoms with van der Waals surface area (Å²) in [6.07, 6.45) is 27.8. The summed E-state index contributed by atoms with van der Waals surface area (Å²) >= 11 is 0. The van der Waals surface area contributed by atoms with Crippen molar-refractivity contribution in [3.8, 4) is 0 Å². The Morgan fingerprint density at radius 2 is 0.944 bits per heavy atom. The Bertz CT molecular complexity index is 564. The van der Waals surface area contributed by atoms with Crippen LogP contribution in [0.3, 0.4) is 0 Å². The number of carboxylic acids is 3. The lowest BCUT2D eigenvalue weighted by Gasteiger charge is -2.36. The first-order valence-corrected chi connectivity index (χ1v) is 14.4. The zero-order valence-corrected chi connectivity index (χ0v) is 22.9. The van der Waals surface area contributed by atoms with Crippen molar-refractivity contribution in [3.05, 3.63) is 12.2 Å². The van der Waals surface area contributed by atoms with Crippen LogP contribution in [0, 0.1) is 0 Å². The van der Waals surface area contributed by atoms with Gasteiger partial charge in [-0.25, -0.2) is 9.59 Å². The van der Waals surface area contributed by atoms with E-state index in [2.05, 4.69) is 19.1 Å². The second-order valence-corrected chi connectivity index (χ2v) is 10.4. The third-order valence-corrected chi connectivity index (χ3v) is 6.80. The summed E-state index contributed by atoms with van der Waals surface area (Å²) in [6, 6.07) is 0. The first kappa shape index (κ1) is 34.1. The van der Waals surface area contributed by atoms with E-state index in [0.717, 1.165) is 38.5 Å². The maximum absolute atomic E-state index is 11.2. The van der Waals surface area contributed by atoms with Gasteiger partial charge in [0.15, 0.2) is 13.1 Å². The highest BCUT2D eigenvalue weighted by Gasteiger charge is 2.33. The molecule has 0 atom stereocenters. The second kappa shape index (κ2) is 23.5. The summed E-state index contributed by atoms with van der Waals surface area (Å²) in [4.78, 5) is 33.4. The van der Waals surface area contributed by atoms with E-state index in [4.69, 9.17) is 10.2 Å². The SMILES string of the molecule is CCCCCCCCCCCCC/C=C/CCCCCCCC[N+](CC(=O)[O-])(CC(=O)O)CC(=O)O. The number of allylic oxidation sites excluding steroid dienone is 2. The van der Waals surface area contributed by atoms with Crippen LogP contribution in [-0.4, -0.2) is 58.8 Å². The summed E-state index contributed by atoms with van der Waals surface area (Å²) in [5.74, 6) is -3.82. The van der Waals surface area contributed by atoms with Crippen molar-refractivity contribution in [2.45, 2.75) is 129 Å². The van der Waals surface area contributed by atoms with Gasteiger partial charge in [0.05, 0.1) is 12.5 Å². The summed E-state index contributed by atoms with van der Waals surface area (Å²) < 4.78 is -0.503. The van der Waals surface area contributed by atoms with E-state index in [-0.39, 0.29) is 6.54 Å². The molecule has 0 radical (unpaired) electrons. The molecule has 0 bridgehead atoms. The van der Waals surface area contributed by atoms with Gasteiger partial charge in [-0.1, -0.05) is 103 Å². The Hall–Kier alpha value is -1.89. The van der Waals surface area contributed by atoms with E-state index in [1.807, 2.05) is 0 Å². The number of rotatable bonds is 27. The molecule has 0 rings (SSSR count). The van der Waals surface area contributed by atoms with Gasteiger partial charge in [0, 0.05) is 0 Å². The largest absolute Gasteiger partial charge is 0.544 e. The quantitative estimate of drug-likeness (QED) is 0.0829. The van der Waals surface area contributed by atoms with Gasteiger partial charge in [-0.15, -0.1) is 0 Å². The minimum absolute atomic E-state index is 0.217. The molecule has 0 heterocycles. The molecule has 0 amide bonds. The van der Waals surface area contributed by atoms with Gasteiger partial charge in [0.2, 0.25) is 0 Å². The molecule has 7 nitrogen and oxygen atoms in total. The number of quaternary nitrogens is 1. The Kier molecular flexibility index (Phi) is 22.3. The van der Waals surface area contributed by atoms with Crippen molar-refractivity contribution >= 4 is 17.9 Å². The molecule has 0 aromatic heterocycles. The second-order valence-electron chi connectivity index (χ2n) is 10.4. The molecule has 0 aromatic carbocycles. The van der Waals surface area contributed by atoms with E-state index in [1.54, 1.807) is 0 Å². The fourth-order valence-electron chi connectivity index (χ4n) is 4.83. The van der Waals surface area contributed by atoms with Crippen molar-refractivity contribution in [2.24, 2.45) is 0 Å². The summed E-state index contributed by atoms with van der Waals surface area (Å²) in [5.41, 5.74) is 0. The van der Waals surface area contributed by atoms with Crippen molar-refractivity contribution in [1.82, 2.24) is 0 Å². The topological polar surface area (TPSA) is 115 Å². The predicted octanol–water partition coefficient (Wildman–Crippen LogP) is 5.71. The molecule has 0 fully saturated rings. The lowest BCUT2D eigenvalue weighted by Crippen LogP contribution is -2.59. The number of hydrogen-bond acceptors (Lipinski definition) is 4. The predicted molar refractivity (Wildman–Crippen MR) is 143 cm³/mol. The highest BCUT2D eigenvalue weighted by Crippen LogP contribution is 2.14. The third-order valence-electron chi connectivity index (χ3n) is 6.80. The molecular formula is C29H53NO6. The molecule has 0 saturated carbocycles. The maximum atomic E-state index is 11.2. The van der Waals surface area contributed by atoms with Crippen LogP contribution in [0.1, 0.15) is 129 Å².